The first-order valence-electron chi connectivity index (χ1n) is 6.75. The van der Waals surface area contributed by atoms with Gasteiger partial charge in [0.25, 0.3) is 0 Å². The standard InChI is InChI=1S/C15H24N2O/c1-10(2)15(9-18-3)17-14-7-4-11-8-12(16)5-6-13(11)14/h5-6,8,10,14-15,17H,4,7,9,16H2,1-3H3. The third-order valence-electron chi connectivity index (χ3n) is 3.81. The van der Waals surface area contributed by atoms with Crippen molar-refractivity contribution in [2.24, 2.45) is 5.92 Å². The number of nitrogens with two attached hydrogens (primary N) is 1. The van der Waals surface area contributed by atoms with Crippen LogP contribution in [0, 0.1) is 5.92 Å². The summed E-state index contributed by atoms with van der Waals surface area (Å²) in [5.41, 5.74) is 9.50. The van der Waals surface area contributed by atoms with E-state index in [1.54, 1.807) is 7.11 Å². The summed E-state index contributed by atoms with van der Waals surface area (Å²) in [5.74, 6) is 0.572. The lowest BCUT2D eigenvalue weighted by molar-refractivity contribution is 0.140. The molecule has 0 saturated carbocycles. The third-order valence-corrected chi connectivity index (χ3v) is 3.81. The molecule has 1 aromatic rings. The monoisotopic (exact) mass is 248 g/mol. The quantitative estimate of drug-likeness (QED) is 0.787. The fraction of sp³-hybridized carbons (Fsp3) is 0.600. The summed E-state index contributed by atoms with van der Waals surface area (Å²) in [6.07, 6.45) is 2.28. The van der Waals surface area contributed by atoms with Crippen LogP contribution in [0.15, 0.2) is 18.2 Å². The van der Waals surface area contributed by atoms with Gasteiger partial charge in [0.2, 0.25) is 0 Å². The van der Waals surface area contributed by atoms with Crippen LogP contribution in [0.2, 0.25) is 0 Å². The van der Waals surface area contributed by atoms with Crippen molar-refractivity contribution in [3.8, 4) is 0 Å². The summed E-state index contributed by atoms with van der Waals surface area (Å²) in [7, 11) is 1.76. The van der Waals surface area contributed by atoms with Gasteiger partial charge in [0, 0.05) is 24.9 Å². The van der Waals surface area contributed by atoms with Gasteiger partial charge >= 0.3 is 0 Å². The van der Waals surface area contributed by atoms with Crippen LogP contribution in [0.4, 0.5) is 5.69 Å². The molecule has 0 aromatic heterocycles. The van der Waals surface area contributed by atoms with Crippen LogP contribution in [-0.4, -0.2) is 19.8 Å². The van der Waals surface area contributed by atoms with Gasteiger partial charge in [-0.3, -0.25) is 0 Å². The Kier molecular flexibility index (Phi) is 4.25. The molecular weight excluding hydrogens is 224 g/mol. The summed E-state index contributed by atoms with van der Waals surface area (Å²) in [6.45, 7) is 5.23. The maximum atomic E-state index is 5.83. The zero-order valence-corrected chi connectivity index (χ0v) is 11.6. The van der Waals surface area contributed by atoms with Crippen molar-refractivity contribution in [3.63, 3.8) is 0 Å². The Hall–Kier alpha value is -1.06. The van der Waals surface area contributed by atoms with Crippen molar-refractivity contribution in [2.45, 2.75) is 38.8 Å². The SMILES string of the molecule is COCC(NC1CCc2cc(N)ccc21)C(C)C. The lowest BCUT2D eigenvalue weighted by Crippen LogP contribution is -2.39. The lowest BCUT2D eigenvalue weighted by Gasteiger charge is -2.26. The van der Waals surface area contributed by atoms with E-state index in [9.17, 15) is 0 Å². The Morgan fingerprint density at radius 1 is 1.44 bits per heavy atom. The van der Waals surface area contributed by atoms with Crippen LogP contribution >= 0.6 is 0 Å². The molecule has 18 heavy (non-hydrogen) atoms. The highest BCUT2D eigenvalue weighted by Crippen LogP contribution is 2.33. The summed E-state index contributed by atoms with van der Waals surface area (Å²) in [5, 5.41) is 3.73. The van der Waals surface area contributed by atoms with E-state index in [0.29, 0.717) is 18.0 Å². The van der Waals surface area contributed by atoms with E-state index in [4.69, 9.17) is 10.5 Å². The Bertz CT molecular complexity index is 403. The summed E-state index contributed by atoms with van der Waals surface area (Å²) in [4.78, 5) is 0. The van der Waals surface area contributed by atoms with E-state index in [-0.39, 0.29) is 0 Å². The number of anilines is 1. The molecule has 0 radical (unpaired) electrons. The second kappa shape index (κ2) is 5.72. The van der Waals surface area contributed by atoms with Crippen molar-refractivity contribution in [1.82, 2.24) is 5.32 Å². The van der Waals surface area contributed by atoms with Crippen molar-refractivity contribution in [2.75, 3.05) is 19.5 Å². The normalized spacial score (nSPS) is 20.1. The van der Waals surface area contributed by atoms with E-state index >= 15 is 0 Å². The predicted octanol–water partition coefficient (Wildman–Crippen LogP) is 2.52. The number of benzene rings is 1. The highest BCUT2D eigenvalue weighted by Gasteiger charge is 2.25. The molecule has 3 heteroatoms. The van der Waals surface area contributed by atoms with Crippen LogP contribution in [0.25, 0.3) is 0 Å². The van der Waals surface area contributed by atoms with Crippen LogP contribution in [-0.2, 0) is 11.2 Å². The second-order valence-electron chi connectivity index (χ2n) is 5.52. The fourth-order valence-corrected chi connectivity index (χ4v) is 2.68. The van der Waals surface area contributed by atoms with E-state index in [2.05, 4.69) is 31.3 Å². The number of hydrogen-bond donors (Lipinski definition) is 2. The molecule has 0 saturated heterocycles. The number of aryl methyl sites for hydroxylation is 1. The largest absolute Gasteiger partial charge is 0.399 e. The van der Waals surface area contributed by atoms with E-state index < -0.39 is 0 Å². The van der Waals surface area contributed by atoms with Gasteiger partial charge in [0.1, 0.15) is 0 Å². The molecule has 100 valence electrons. The van der Waals surface area contributed by atoms with Crippen molar-refractivity contribution >= 4 is 5.69 Å². The zero-order chi connectivity index (χ0) is 13.1. The van der Waals surface area contributed by atoms with Gasteiger partial charge < -0.3 is 15.8 Å². The van der Waals surface area contributed by atoms with Gasteiger partial charge in [0.15, 0.2) is 0 Å². The Balaban J connectivity index is 2.08. The topological polar surface area (TPSA) is 47.3 Å². The number of nitrogens with one attached hydrogen (secondary N) is 1. The Morgan fingerprint density at radius 3 is 2.89 bits per heavy atom. The van der Waals surface area contributed by atoms with Gasteiger partial charge in [-0.1, -0.05) is 19.9 Å². The number of ether oxygens (including phenoxy) is 1. The number of methoxy groups -OCH3 is 1. The van der Waals surface area contributed by atoms with E-state index in [1.807, 2.05) is 6.07 Å². The molecule has 1 aromatic carbocycles. The molecule has 2 atom stereocenters. The van der Waals surface area contributed by atoms with Gasteiger partial charge in [-0.05, 0) is 42.0 Å². The smallest absolute Gasteiger partial charge is 0.0618 e. The molecule has 0 heterocycles. The fourth-order valence-electron chi connectivity index (χ4n) is 2.68. The minimum Gasteiger partial charge on any atom is -0.399 e. The third kappa shape index (κ3) is 2.85. The van der Waals surface area contributed by atoms with Crippen LogP contribution < -0.4 is 11.1 Å². The summed E-state index contributed by atoms with van der Waals surface area (Å²) >= 11 is 0. The average molecular weight is 248 g/mol. The number of hydrogen-bond acceptors (Lipinski definition) is 3. The minimum atomic E-state index is 0.406. The van der Waals surface area contributed by atoms with Gasteiger partial charge in [-0.2, -0.15) is 0 Å². The van der Waals surface area contributed by atoms with Crippen LogP contribution in [0.3, 0.4) is 0 Å². The molecule has 0 aliphatic heterocycles. The molecule has 3 N–H and O–H groups in total. The van der Waals surface area contributed by atoms with E-state index in [1.165, 1.54) is 11.1 Å². The first kappa shape index (κ1) is 13.4. The number of nitrogen functional groups attached to an aromatic ring is 1. The molecule has 0 amide bonds. The maximum absolute atomic E-state index is 5.83. The molecule has 0 fully saturated rings. The highest BCUT2D eigenvalue weighted by atomic mass is 16.5. The van der Waals surface area contributed by atoms with Gasteiger partial charge in [-0.15, -0.1) is 0 Å². The van der Waals surface area contributed by atoms with E-state index in [0.717, 1.165) is 25.1 Å². The molecule has 0 spiro atoms. The van der Waals surface area contributed by atoms with Crippen molar-refractivity contribution in [3.05, 3.63) is 29.3 Å². The lowest BCUT2D eigenvalue weighted by atomic mass is 10.0. The summed E-state index contributed by atoms with van der Waals surface area (Å²) in [6, 6.07) is 7.13. The zero-order valence-electron chi connectivity index (χ0n) is 11.6. The summed E-state index contributed by atoms with van der Waals surface area (Å²) < 4.78 is 5.30. The number of rotatable bonds is 5. The molecular formula is C15H24N2O. The molecule has 1 aliphatic rings. The van der Waals surface area contributed by atoms with Gasteiger partial charge in [0.05, 0.1) is 6.61 Å². The van der Waals surface area contributed by atoms with Gasteiger partial charge in [-0.25, -0.2) is 0 Å². The van der Waals surface area contributed by atoms with Crippen LogP contribution in [0.5, 0.6) is 0 Å². The van der Waals surface area contributed by atoms with Crippen molar-refractivity contribution in [1.29, 1.82) is 0 Å². The first-order valence-corrected chi connectivity index (χ1v) is 6.75. The average Bonchev–Trinajstić information content (AvgIpc) is 2.71. The Morgan fingerprint density at radius 2 is 2.22 bits per heavy atom. The first-order chi connectivity index (χ1) is 8.61. The van der Waals surface area contributed by atoms with Crippen LogP contribution in [0.1, 0.15) is 37.4 Å². The molecule has 2 rings (SSSR count). The maximum Gasteiger partial charge on any atom is 0.0618 e. The second-order valence-corrected chi connectivity index (χ2v) is 5.52. The molecule has 1 aliphatic carbocycles. The molecule has 3 nitrogen and oxygen atoms in total. The minimum absolute atomic E-state index is 0.406. The molecule has 2 unspecified atom stereocenters. The predicted molar refractivity (Wildman–Crippen MR) is 75.6 cm³/mol. The number of fused-ring (bicyclic) bond motifs is 1. The Labute approximate surface area is 110 Å². The highest BCUT2D eigenvalue weighted by molar-refractivity contribution is 5.47. The molecule has 0 bridgehead atoms. The van der Waals surface area contributed by atoms with Crippen molar-refractivity contribution < 1.29 is 4.74 Å².